The number of rotatable bonds is 5. The van der Waals surface area contributed by atoms with Gasteiger partial charge in [0.05, 0.1) is 5.56 Å². The molecule has 0 aromatic heterocycles. The second kappa shape index (κ2) is 7.87. The zero-order valence-corrected chi connectivity index (χ0v) is 13.1. The molecule has 0 aliphatic carbocycles. The molecule has 3 N–H and O–H groups in total. The molecule has 0 atom stereocenters. The van der Waals surface area contributed by atoms with E-state index < -0.39 is 11.7 Å². The molecule has 1 rings (SSSR count). The van der Waals surface area contributed by atoms with Gasteiger partial charge in [-0.2, -0.15) is 13.2 Å². The number of hydrogen-bond acceptors (Lipinski definition) is 2. The van der Waals surface area contributed by atoms with Crippen LogP contribution in [0.5, 0.6) is 0 Å². The monoisotopic (exact) mass is 313 g/mol. The van der Waals surface area contributed by atoms with Crippen LogP contribution in [-0.4, -0.2) is 12.9 Å². The molecule has 0 aliphatic rings. The Morgan fingerprint density at radius 3 is 2.32 bits per heavy atom. The average molecular weight is 313 g/mol. The first-order chi connectivity index (χ1) is 10.3. The number of nitrogens with zero attached hydrogens (tertiary/aromatic N) is 1. The number of nitrogens with one attached hydrogen (secondary N) is 1. The molecule has 0 amide bonds. The van der Waals surface area contributed by atoms with Crippen molar-refractivity contribution >= 4 is 5.84 Å². The summed E-state index contributed by atoms with van der Waals surface area (Å²) in [6, 6.07) is 5.51. The fourth-order valence-electron chi connectivity index (χ4n) is 2.21. The van der Waals surface area contributed by atoms with Crippen molar-refractivity contribution in [1.29, 1.82) is 0 Å². The van der Waals surface area contributed by atoms with Crippen molar-refractivity contribution in [3.05, 3.63) is 46.7 Å². The molecule has 22 heavy (non-hydrogen) atoms. The lowest BCUT2D eigenvalue weighted by Gasteiger charge is -2.17. The second-order valence-electron chi connectivity index (χ2n) is 4.79. The highest BCUT2D eigenvalue weighted by Gasteiger charge is 2.32. The van der Waals surface area contributed by atoms with Gasteiger partial charge in [0.1, 0.15) is 5.84 Å². The third-order valence-electron chi connectivity index (χ3n) is 3.40. The van der Waals surface area contributed by atoms with Crippen LogP contribution in [0, 0.1) is 0 Å². The van der Waals surface area contributed by atoms with Crippen LogP contribution in [-0.2, 0) is 12.7 Å². The normalized spacial score (nSPS) is 13.8. The first-order valence-corrected chi connectivity index (χ1v) is 7.18. The van der Waals surface area contributed by atoms with E-state index in [0.717, 1.165) is 11.6 Å². The Hall–Kier alpha value is -1.98. The lowest BCUT2D eigenvalue weighted by molar-refractivity contribution is -0.138. The van der Waals surface area contributed by atoms with Gasteiger partial charge in [-0.25, -0.2) is 0 Å². The van der Waals surface area contributed by atoms with Gasteiger partial charge in [0, 0.05) is 24.9 Å². The van der Waals surface area contributed by atoms with Crippen LogP contribution in [0.1, 0.15) is 37.8 Å². The van der Waals surface area contributed by atoms with Crippen LogP contribution in [0.2, 0.25) is 0 Å². The lowest BCUT2D eigenvalue weighted by Crippen LogP contribution is -2.28. The van der Waals surface area contributed by atoms with Crippen molar-refractivity contribution in [2.24, 2.45) is 10.7 Å². The second-order valence-corrected chi connectivity index (χ2v) is 4.79. The smallest absolute Gasteiger partial charge is 0.402 e. The summed E-state index contributed by atoms with van der Waals surface area (Å²) >= 11 is 0. The van der Waals surface area contributed by atoms with Gasteiger partial charge in [0.25, 0.3) is 0 Å². The molecule has 0 radical (unpaired) electrons. The standard InChI is InChI=1S/C16H22F3N3/c1-4-12(14(20)5-2)15(21-3)22-10-11-8-6-7-9-13(11)16(17,18)19/h6-9H,4-5,10,20H2,1-3H3,(H,21,22)/b14-12-. The SMILES string of the molecule is CC/C(N)=C(\CC)C(=NC)NCc1ccccc1C(F)(F)F. The number of amidine groups is 1. The minimum absolute atomic E-state index is 0.0445. The first kappa shape index (κ1) is 18.1. The number of aliphatic imine (C=N–C) groups is 1. The van der Waals surface area contributed by atoms with Crippen molar-refractivity contribution in [2.45, 2.75) is 39.4 Å². The van der Waals surface area contributed by atoms with Crippen LogP contribution < -0.4 is 11.1 Å². The Morgan fingerprint density at radius 2 is 1.82 bits per heavy atom. The fraction of sp³-hybridized carbons (Fsp3) is 0.438. The van der Waals surface area contributed by atoms with E-state index in [9.17, 15) is 13.2 Å². The van der Waals surface area contributed by atoms with Crippen molar-refractivity contribution in [3.8, 4) is 0 Å². The highest BCUT2D eigenvalue weighted by molar-refractivity contribution is 5.98. The van der Waals surface area contributed by atoms with Crippen molar-refractivity contribution < 1.29 is 13.2 Å². The highest BCUT2D eigenvalue weighted by Crippen LogP contribution is 2.31. The third-order valence-corrected chi connectivity index (χ3v) is 3.40. The summed E-state index contributed by atoms with van der Waals surface area (Å²) in [6.45, 7) is 3.91. The molecule has 6 heteroatoms. The van der Waals surface area contributed by atoms with Gasteiger partial charge < -0.3 is 11.1 Å². The molecular formula is C16H22F3N3. The Morgan fingerprint density at radius 1 is 1.18 bits per heavy atom. The average Bonchev–Trinajstić information content (AvgIpc) is 2.50. The Bertz CT molecular complexity index is 560. The largest absolute Gasteiger partial charge is 0.416 e. The quantitative estimate of drug-likeness (QED) is 0.640. The number of nitrogens with two attached hydrogens (primary N) is 1. The van der Waals surface area contributed by atoms with Gasteiger partial charge in [-0.1, -0.05) is 32.0 Å². The number of alkyl halides is 3. The van der Waals surface area contributed by atoms with E-state index in [2.05, 4.69) is 10.3 Å². The Labute approximate surface area is 129 Å². The molecule has 0 saturated heterocycles. The zero-order chi connectivity index (χ0) is 16.8. The molecular weight excluding hydrogens is 291 g/mol. The van der Waals surface area contributed by atoms with E-state index in [1.165, 1.54) is 12.1 Å². The first-order valence-electron chi connectivity index (χ1n) is 7.18. The van der Waals surface area contributed by atoms with Crippen molar-refractivity contribution in [2.75, 3.05) is 7.05 Å². The Balaban J connectivity index is 2.99. The van der Waals surface area contributed by atoms with Gasteiger partial charge in [0.15, 0.2) is 0 Å². The molecule has 0 spiro atoms. The van der Waals surface area contributed by atoms with E-state index in [1.807, 2.05) is 13.8 Å². The third kappa shape index (κ3) is 4.51. The predicted molar refractivity (Wildman–Crippen MR) is 83.4 cm³/mol. The van der Waals surface area contributed by atoms with Crippen molar-refractivity contribution in [3.63, 3.8) is 0 Å². The molecule has 0 aliphatic heterocycles. The van der Waals surface area contributed by atoms with Crippen LogP contribution in [0.3, 0.4) is 0 Å². The van der Waals surface area contributed by atoms with Crippen LogP contribution in [0.15, 0.2) is 40.5 Å². The van der Waals surface area contributed by atoms with Gasteiger partial charge in [0.2, 0.25) is 0 Å². The van der Waals surface area contributed by atoms with Gasteiger partial charge in [-0.05, 0) is 24.5 Å². The summed E-state index contributed by atoms with van der Waals surface area (Å²) in [6.07, 6.45) is -3.03. The summed E-state index contributed by atoms with van der Waals surface area (Å²) in [5, 5.41) is 2.98. The summed E-state index contributed by atoms with van der Waals surface area (Å²) in [7, 11) is 1.59. The predicted octanol–water partition coefficient (Wildman–Crippen LogP) is 3.86. The van der Waals surface area contributed by atoms with Crippen LogP contribution >= 0.6 is 0 Å². The maximum Gasteiger partial charge on any atom is 0.416 e. The molecule has 0 heterocycles. The molecule has 3 nitrogen and oxygen atoms in total. The fourth-order valence-corrected chi connectivity index (χ4v) is 2.21. The molecule has 1 aromatic carbocycles. The maximum atomic E-state index is 13.0. The van der Waals surface area contributed by atoms with E-state index in [0.29, 0.717) is 24.4 Å². The number of halogens is 3. The highest BCUT2D eigenvalue weighted by atomic mass is 19.4. The van der Waals surface area contributed by atoms with Crippen LogP contribution in [0.25, 0.3) is 0 Å². The maximum absolute atomic E-state index is 13.0. The molecule has 0 bridgehead atoms. The van der Waals surface area contributed by atoms with E-state index in [4.69, 9.17) is 5.73 Å². The van der Waals surface area contributed by atoms with Gasteiger partial charge >= 0.3 is 6.18 Å². The summed E-state index contributed by atoms with van der Waals surface area (Å²) in [5.41, 5.74) is 7.03. The van der Waals surface area contributed by atoms with Gasteiger partial charge in [-0.15, -0.1) is 0 Å². The number of hydrogen-bond donors (Lipinski definition) is 2. The lowest BCUT2D eigenvalue weighted by atomic mass is 10.1. The Kier molecular flexibility index (Phi) is 6.46. The topological polar surface area (TPSA) is 50.4 Å². The molecule has 0 unspecified atom stereocenters. The van der Waals surface area contributed by atoms with E-state index in [1.54, 1.807) is 13.1 Å². The molecule has 0 saturated carbocycles. The number of allylic oxidation sites excluding steroid dienone is 1. The van der Waals surface area contributed by atoms with E-state index in [-0.39, 0.29) is 12.1 Å². The minimum atomic E-state index is -4.37. The van der Waals surface area contributed by atoms with Crippen molar-refractivity contribution in [1.82, 2.24) is 5.32 Å². The molecule has 0 fully saturated rings. The minimum Gasteiger partial charge on any atom is -0.402 e. The van der Waals surface area contributed by atoms with Crippen LogP contribution in [0.4, 0.5) is 13.2 Å². The zero-order valence-electron chi connectivity index (χ0n) is 13.1. The number of benzene rings is 1. The van der Waals surface area contributed by atoms with Gasteiger partial charge in [-0.3, -0.25) is 4.99 Å². The molecule has 122 valence electrons. The summed E-state index contributed by atoms with van der Waals surface area (Å²) < 4.78 is 38.9. The summed E-state index contributed by atoms with van der Waals surface area (Å²) in [5.74, 6) is 0.541. The summed E-state index contributed by atoms with van der Waals surface area (Å²) in [4.78, 5) is 4.12. The molecule has 1 aromatic rings. The van der Waals surface area contributed by atoms with E-state index >= 15 is 0 Å².